The predicted molar refractivity (Wildman–Crippen MR) is 127 cm³/mol. The van der Waals surface area contributed by atoms with E-state index < -0.39 is 0 Å². The molecule has 0 saturated heterocycles. The number of amides is 1. The van der Waals surface area contributed by atoms with Crippen molar-refractivity contribution in [1.29, 1.82) is 0 Å². The molecule has 0 aliphatic heterocycles. The van der Waals surface area contributed by atoms with Gasteiger partial charge in [0.2, 0.25) is 5.91 Å². The zero-order valence-corrected chi connectivity index (χ0v) is 19.9. The molecule has 30 heavy (non-hydrogen) atoms. The Kier molecular flexibility index (Phi) is 6.95. The van der Waals surface area contributed by atoms with Crippen molar-refractivity contribution in [2.24, 2.45) is 0 Å². The van der Waals surface area contributed by atoms with E-state index >= 15 is 0 Å². The molecule has 0 radical (unpaired) electrons. The molecule has 3 heterocycles. The third-order valence-electron chi connectivity index (χ3n) is 5.50. The third-order valence-corrected chi connectivity index (χ3v) is 8.51. The van der Waals surface area contributed by atoms with Gasteiger partial charge in [-0.15, -0.1) is 22.7 Å². The molecule has 160 valence electrons. The molecule has 0 spiro atoms. The zero-order chi connectivity index (χ0) is 21.1. The molecule has 0 fully saturated rings. The van der Waals surface area contributed by atoms with Crippen molar-refractivity contribution >= 4 is 50.6 Å². The molecule has 3 aromatic rings. The van der Waals surface area contributed by atoms with E-state index in [-0.39, 0.29) is 11.5 Å². The SMILES string of the molecule is CCCCCn1c(SCC(=O)N(C)Cc2cccs2)nc2sc3c(c2c1=O)CCC3. The second-order valence-electron chi connectivity index (χ2n) is 7.71. The highest BCUT2D eigenvalue weighted by Crippen LogP contribution is 2.35. The second-order valence-corrected chi connectivity index (χ2v) is 10.8. The fraction of sp³-hybridized carbons (Fsp3) is 0.500. The average Bonchev–Trinajstić information content (AvgIpc) is 3.45. The van der Waals surface area contributed by atoms with Gasteiger partial charge in [0.1, 0.15) is 4.83 Å². The smallest absolute Gasteiger partial charge is 0.263 e. The number of fused-ring (bicyclic) bond motifs is 3. The van der Waals surface area contributed by atoms with Gasteiger partial charge in [0.05, 0.1) is 17.7 Å². The van der Waals surface area contributed by atoms with Crippen molar-refractivity contribution in [3.63, 3.8) is 0 Å². The lowest BCUT2D eigenvalue weighted by Crippen LogP contribution is -2.28. The second kappa shape index (κ2) is 9.66. The number of thioether (sulfide) groups is 1. The van der Waals surface area contributed by atoms with E-state index in [2.05, 4.69) is 6.92 Å². The minimum atomic E-state index is 0.0523. The maximum Gasteiger partial charge on any atom is 0.263 e. The van der Waals surface area contributed by atoms with Crippen LogP contribution in [0.15, 0.2) is 27.5 Å². The Morgan fingerprint density at radius 1 is 1.33 bits per heavy atom. The molecule has 0 N–H and O–H groups in total. The van der Waals surface area contributed by atoms with Crippen LogP contribution in [-0.2, 0) is 30.7 Å². The molecule has 1 aliphatic rings. The van der Waals surface area contributed by atoms with Crippen molar-refractivity contribution in [1.82, 2.24) is 14.5 Å². The summed E-state index contributed by atoms with van der Waals surface area (Å²) in [5, 5.41) is 3.53. The summed E-state index contributed by atoms with van der Waals surface area (Å²) >= 11 is 4.71. The molecule has 1 aliphatic carbocycles. The van der Waals surface area contributed by atoms with Gasteiger partial charge in [0.15, 0.2) is 5.16 Å². The predicted octanol–water partition coefficient (Wildman–Crippen LogP) is 4.95. The number of nitrogens with zero attached hydrogens (tertiary/aromatic N) is 3. The van der Waals surface area contributed by atoms with Gasteiger partial charge < -0.3 is 4.90 Å². The van der Waals surface area contributed by atoms with Crippen molar-refractivity contribution in [3.05, 3.63) is 43.2 Å². The lowest BCUT2D eigenvalue weighted by molar-refractivity contribution is -0.127. The first-order valence-electron chi connectivity index (χ1n) is 10.5. The number of aryl methyl sites for hydroxylation is 2. The van der Waals surface area contributed by atoms with Crippen LogP contribution in [0.5, 0.6) is 0 Å². The van der Waals surface area contributed by atoms with Crippen molar-refractivity contribution in [2.75, 3.05) is 12.8 Å². The Morgan fingerprint density at radius 3 is 2.97 bits per heavy atom. The molecule has 8 heteroatoms. The first-order valence-corrected chi connectivity index (χ1v) is 13.2. The summed E-state index contributed by atoms with van der Waals surface area (Å²) in [7, 11) is 1.83. The highest BCUT2D eigenvalue weighted by Gasteiger charge is 2.23. The van der Waals surface area contributed by atoms with Gasteiger partial charge in [-0.25, -0.2) is 4.98 Å². The summed E-state index contributed by atoms with van der Waals surface area (Å²) < 4.78 is 1.82. The molecule has 0 unspecified atom stereocenters. The van der Waals surface area contributed by atoms with Gasteiger partial charge in [-0.1, -0.05) is 37.6 Å². The van der Waals surface area contributed by atoms with Gasteiger partial charge in [-0.3, -0.25) is 14.2 Å². The Hall–Kier alpha value is -1.64. The fourth-order valence-corrected chi connectivity index (χ4v) is 6.87. The number of aromatic nitrogens is 2. The van der Waals surface area contributed by atoms with E-state index in [0.717, 1.165) is 48.7 Å². The monoisotopic (exact) mass is 461 g/mol. The van der Waals surface area contributed by atoms with Gasteiger partial charge in [0.25, 0.3) is 5.56 Å². The van der Waals surface area contributed by atoms with Gasteiger partial charge in [-0.05, 0) is 42.7 Å². The number of carbonyl (C=O) groups is 1. The number of unbranched alkanes of at least 4 members (excludes halogenated alkanes) is 2. The molecule has 0 aromatic carbocycles. The van der Waals surface area contributed by atoms with Crippen LogP contribution in [-0.4, -0.2) is 33.2 Å². The molecular weight excluding hydrogens is 434 g/mol. The van der Waals surface area contributed by atoms with Crippen LogP contribution in [0.4, 0.5) is 0 Å². The molecule has 0 saturated carbocycles. The van der Waals surface area contributed by atoms with E-state index in [1.165, 1.54) is 27.1 Å². The average molecular weight is 462 g/mol. The normalized spacial score (nSPS) is 13.1. The van der Waals surface area contributed by atoms with Crippen LogP contribution < -0.4 is 5.56 Å². The van der Waals surface area contributed by atoms with Crippen molar-refractivity contribution in [3.8, 4) is 0 Å². The Balaban J connectivity index is 1.56. The van der Waals surface area contributed by atoms with Gasteiger partial charge >= 0.3 is 0 Å². The molecule has 5 nitrogen and oxygen atoms in total. The lowest BCUT2D eigenvalue weighted by Gasteiger charge is -2.17. The molecule has 1 amide bonds. The van der Waals surface area contributed by atoms with Crippen LogP contribution in [0.25, 0.3) is 10.2 Å². The number of hydrogen-bond donors (Lipinski definition) is 0. The van der Waals surface area contributed by atoms with E-state index in [4.69, 9.17) is 4.98 Å². The van der Waals surface area contributed by atoms with Crippen molar-refractivity contribution in [2.45, 2.75) is 63.7 Å². The summed E-state index contributed by atoms with van der Waals surface area (Å²) in [5.41, 5.74) is 1.30. The molecule has 0 bridgehead atoms. The Morgan fingerprint density at radius 2 is 2.20 bits per heavy atom. The third kappa shape index (κ3) is 4.50. The maximum atomic E-state index is 13.4. The van der Waals surface area contributed by atoms with Crippen LogP contribution in [0.1, 0.15) is 47.9 Å². The van der Waals surface area contributed by atoms with E-state index in [9.17, 15) is 9.59 Å². The molecule has 0 atom stereocenters. The van der Waals surface area contributed by atoms with Crippen molar-refractivity contribution < 1.29 is 4.79 Å². The highest BCUT2D eigenvalue weighted by molar-refractivity contribution is 7.99. The number of thiophene rings is 2. The Bertz CT molecular complexity index is 1090. The highest BCUT2D eigenvalue weighted by atomic mass is 32.2. The molecule has 4 rings (SSSR count). The minimum absolute atomic E-state index is 0.0523. The van der Waals surface area contributed by atoms with Gasteiger partial charge in [0, 0.05) is 23.3 Å². The van der Waals surface area contributed by atoms with Gasteiger partial charge in [-0.2, -0.15) is 0 Å². The summed E-state index contributed by atoms with van der Waals surface area (Å²) in [5.74, 6) is 0.343. The summed E-state index contributed by atoms with van der Waals surface area (Å²) in [6.07, 6.45) is 6.31. The summed E-state index contributed by atoms with van der Waals surface area (Å²) in [6, 6.07) is 4.04. The van der Waals surface area contributed by atoms with E-state index in [1.807, 2.05) is 29.1 Å². The molecular formula is C22H27N3O2S3. The summed E-state index contributed by atoms with van der Waals surface area (Å²) in [4.78, 5) is 36.0. The topological polar surface area (TPSA) is 55.2 Å². The first-order chi connectivity index (χ1) is 14.6. The maximum absolute atomic E-state index is 13.4. The lowest BCUT2D eigenvalue weighted by atomic mass is 10.2. The standard InChI is InChI=1S/C22H27N3O2S3/c1-3-4-5-11-25-21(27)19-16-9-6-10-17(16)30-20(19)23-22(25)29-14-18(26)24(2)13-15-8-7-12-28-15/h7-8,12H,3-6,9-11,13-14H2,1-2H3. The minimum Gasteiger partial charge on any atom is -0.340 e. The zero-order valence-electron chi connectivity index (χ0n) is 17.5. The largest absolute Gasteiger partial charge is 0.340 e. The Labute approximate surface area is 189 Å². The van der Waals surface area contributed by atoms with E-state index in [0.29, 0.717) is 24.0 Å². The summed E-state index contributed by atoms with van der Waals surface area (Å²) in [6.45, 7) is 3.44. The van der Waals surface area contributed by atoms with Crippen LogP contribution in [0.3, 0.4) is 0 Å². The number of hydrogen-bond acceptors (Lipinski definition) is 6. The quantitative estimate of drug-likeness (QED) is 0.257. The van der Waals surface area contributed by atoms with Crippen LogP contribution in [0.2, 0.25) is 0 Å². The van der Waals surface area contributed by atoms with Crippen LogP contribution >= 0.6 is 34.4 Å². The van der Waals surface area contributed by atoms with E-state index in [1.54, 1.807) is 27.6 Å². The molecule has 3 aromatic heterocycles. The fourth-order valence-electron chi connectivity index (χ4n) is 3.85. The first kappa shape index (κ1) is 21.6. The van der Waals surface area contributed by atoms with Crippen LogP contribution in [0, 0.1) is 0 Å². The number of rotatable bonds is 9. The number of carbonyl (C=O) groups excluding carboxylic acids is 1.